The highest BCUT2D eigenvalue weighted by atomic mass is 35.5. The molecule has 0 saturated heterocycles. The van der Waals surface area contributed by atoms with Gasteiger partial charge in [-0.15, -0.1) is 5.10 Å². The number of hydrogen-bond acceptors (Lipinski definition) is 6. The molecule has 4 rings (SSSR count). The molecule has 4 aromatic rings. The van der Waals surface area contributed by atoms with Crippen molar-refractivity contribution in [2.45, 2.75) is 39.3 Å². The summed E-state index contributed by atoms with van der Waals surface area (Å²) >= 11 is 6.25. The number of rotatable bonds is 10. The average Bonchev–Trinajstić information content (AvgIpc) is 2.93. The van der Waals surface area contributed by atoms with Gasteiger partial charge in [-0.2, -0.15) is 0 Å². The van der Waals surface area contributed by atoms with Gasteiger partial charge in [0.2, 0.25) is 11.8 Å². The van der Waals surface area contributed by atoms with Gasteiger partial charge in [0, 0.05) is 34.3 Å². The number of ether oxygens (including phenoxy) is 1. The normalized spacial score (nSPS) is 11.6. The zero-order valence-corrected chi connectivity index (χ0v) is 23.0. The summed E-state index contributed by atoms with van der Waals surface area (Å²) in [7, 11) is 0. The van der Waals surface area contributed by atoms with E-state index in [1.807, 2.05) is 44.2 Å². The Labute approximate surface area is 236 Å². The number of anilines is 1. The van der Waals surface area contributed by atoms with E-state index in [0.29, 0.717) is 39.2 Å². The average molecular weight is 558 g/mol. The van der Waals surface area contributed by atoms with Crippen LogP contribution in [0, 0.1) is 0 Å². The minimum atomic E-state index is -1.05. The Kier molecular flexibility index (Phi) is 8.91. The molecule has 0 fully saturated rings. The van der Waals surface area contributed by atoms with Gasteiger partial charge >= 0.3 is 0 Å². The van der Waals surface area contributed by atoms with Crippen molar-refractivity contribution in [2.24, 2.45) is 0 Å². The van der Waals surface area contributed by atoms with Crippen LogP contribution in [0.1, 0.15) is 53.1 Å². The van der Waals surface area contributed by atoms with Crippen LogP contribution in [0.4, 0.5) is 5.69 Å². The van der Waals surface area contributed by atoms with Crippen molar-refractivity contribution >= 4 is 35.3 Å². The van der Waals surface area contributed by atoms with Gasteiger partial charge in [0.25, 0.3) is 5.56 Å². The van der Waals surface area contributed by atoms with E-state index in [1.54, 1.807) is 42.5 Å². The lowest BCUT2D eigenvalue weighted by atomic mass is 9.98. The molecule has 0 spiro atoms. The molecular weight excluding hydrogens is 530 g/mol. The van der Waals surface area contributed by atoms with E-state index in [2.05, 4.69) is 10.4 Å². The molecule has 0 bridgehead atoms. The van der Waals surface area contributed by atoms with Crippen LogP contribution in [0.5, 0.6) is 5.88 Å². The lowest BCUT2D eigenvalue weighted by Crippen LogP contribution is -2.36. The number of ketones is 1. The van der Waals surface area contributed by atoms with Crippen molar-refractivity contribution in [1.29, 1.82) is 0 Å². The van der Waals surface area contributed by atoms with Crippen molar-refractivity contribution in [3.63, 3.8) is 0 Å². The van der Waals surface area contributed by atoms with Gasteiger partial charge < -0.3 is 10.1 Å². The monoisotopic (exact) mass is 557 g/mol. The van der Waals surface area contributed by atoms with Gasteiger partial charge in [-0.25, -0.2) is 4.68 Å². The highest BCUT2D eigenvalue weighted by Crippen LogP contribution is 2.33. The van der Waals surface area contributed by atoms with E-state index in [9.17, 15) is 19.2 Å². The maximum absolute atomic E-state index is 13.6. The van der Waals surface area contributed by atoms with Gasteiger partial charge in [-0.1, -0.05) is 41.9 Å². The number of aromatic nitrogens is 2. The second-order valence-electron chi connectivity index (χ2n) is 9.49. The van der Waals surface area contributed by atoms with Gasteiger partial charge in [0.05, 0.1) is 11.7 Å². The van der Waals surface area contributed by atoms with Crippen LogP contribution in [0.3, 0.4) is 0 Å². The van der Waals surface area contributed by atoms with Gasteiger partial charge in [0.1, 0.15) is 12.3 Å². The second kappa shape index (κ2) is 12.5. The zero-order valence-electron chi connectivity index (χ0n) is 22.3. The van der Waals surface area contributed by atoms with Gasteiger partial charge in [0.15, 0.2) is 5.78 Å². The van der Waals surface area contributed by atoms with Crippen LogP contribution in [-0.4, -0.2) is 33.9 Å². The lowest BCUT2D eigenvalue weighted by Gasteiger charge is -2.22. The molecule has 1 atom stereocenters. The summed E-state index contributed by atoms with van der Waals surface area (Å²) in [5.74, 6) is -0.610. The molecule has 1 N–H and O–H groups in total. The number of carbonyl (C=O) groups excluding carboxylic acids is 3. The van der Waals surface area contributed by atoms with E-state index in [1.165, 1.54) is 13.0 Å². The molecule has 0 aliphatic rings. The molecule has 0 saturated carbocycles. The largest absolute Gasteiger partial charge is 0.473 e. The molecule has 40 heavy (non-hydrogen) atoms. The van der Waals surface area contributed by atoms with Crippen molar-refractivity contribution < 1.29 is 19.1 Å². The summed E-state index contributed by atoms with van der Waals surface area (Å²) < 4.78 is 7.10. The van der Waals surface area contributed by atoms with E-state index >= 15 is 0 Å². The molecule has 0 aliphatic carbocycles. The number of carbonyl (C=O) groups is 3. The zero-order chi connectivity index (χ0) is 28.8. The fourth-order valence-electron chi connectivity index (χ4n) is 4.22. The quantitative estimate of drug-likeness (QED) is 0.195. The van der Waals surface area contributed by atoms with Crippen LogP contribution >= 0.6 is 11.6 Å². The molecule has 204 valence electrons. The standard InChI is InChI=1S/C31H28ClN3O5/c1-19(2)40-31-27(26-16-23(32)11-14-25(26)20(3)37)17-29(38)35(34-31)28(15-21-7-5-4-6-8-21)30(39)33-24-12-9-22(18-36)10-13-24/h4-14,16-19,28H,15H2,1-3H3,(H,33,39). The Bertz CT molecular complexity index is 1600. The van der Waals surface area contributed by atoms with E-state index < -0.39 is 17.5 Å². The van der Waals surface area contributed by atoms with E-state index in [-0.39, 0.29) is 24.2 Å². The molecule has 0 radical (unpaired) electrons. The summed E-state index contributed by atoms with van der Waals surface area (Å²) in [6.07, 6.45) is 0.556. The molecule has 1 aromatic heterocycles. The molecule has 1 unspecified atom stereocenters. The predicted octanol–water partition coefficient (Wildman–Crippen LogP) is 5.79. The number of Topliss-reactive ketones (excluding diaryl/α,β-unsaturated/α-hetero) is 1. The summed E-state index contributed by atoms with van der Waals surface area (Å²) in [5, 5.41) is 7.72. The molecule has 0 aliphatic heterocycles. The fraction of sp³-hybridized carbons (Fsp3) is 0.194. The summed E-state index contributed by atoms with van der Waals surface area (Å²) in [6.45, 7) is 5.04. The highest BCUT2D eigenvalue weighted by molar-refractivity contribution is 6.31. The van der Waals surface area contributed by atoms with Crippen LogP contribution in [0.25, 0.3) is 11.1 Å². The third-order valence-corrected chi connectivity index (χ3v) is 6.34. The van der Waals surface area contributed by atoms with Crippen LogP contribution in [-0.2, 0) is 11.2 Å². The summed E-state index contributed by atoms with van der Waals surface area (Å²) in [5.41, 5.74) is 2.24. The number of amides is 1. The fourth-order valence-corrected chi connectivity index (χ4v) is 4.40. The van der Waals surface area contributed by atoms with Crippen LogP contribution < -0.4 is 15.6 Å². The first-order chi connectivity index (χ1) is 19.2. The minimum Gasteiger partial charge on any atom is -0.473 e. The van der Waals surface area contributed by atoms with Crippen molar-refractivity contribution in [3.05, 3.63) is 111 Å². The maximum Gasteiger partial charge on any atom is 0.268 e. The first kappa shape index (κ1) is 28.4. The van der Waals surface area contributed by atoms with Gasteiger partial charge in [-0.3, -0.25) is 19.2 Å². The van der Waals surface area contributed by atoms with Gasteiger partial charge in [-0.05, 0) is 74.4 Å². The smallest absolute Gasteiger partial charge is 0.268 e. The Morgan fingerprint density at radius 3 is 2.33 bits per heavy atom. The van der Waals surface area contributed by atoms with Crippen molar-refractivity contribution in [3.8, 4) is 17.0 Å². The number of halogens is 1. The van der Waals surface area contributed by atoms with Crippen molar-refractivity contribution in [1.82, 2.24) is 9.78 Å². The molecular formula is C31H28ClN3O5. The topological polar surface area (TPSA) is 107 Å². The first-order valence-corrected chi connectivity index (χ1v) is 13.1. The SMILES string of the molecule is CC(=O)c1ccc(Cl)cc1-c1cc(=O)n(C(Cc2ccccc2)C(=O)Nc2ccc(C=O)cc2)nc1OC(C)C. The second-order valence-corrected chi connectivity index (χ2v) is 9.93. The Hall–Kier alpha value is -4.56. The Morgan fingerprint density at radius 1 is 1.00 bits per heavy atom. The first-order valence-electron chi connectivity index (χ1n) is 12.7. The van der Waals surface area contributed by atoms with E-state index in [0.717, 1.165) is 10.2 Å². The Balaban J connectivity index is 1.84. The maximum atomic E-state index is 13.6. The molecule has 1 amide bonds. The number of benzene rings is 3. The molecule has 3 aromatic carbocycles. The predicted molar refractivity (Wildman–Crippen MR) is 154 cm³/mol. The number of aldehydes is 1. The summed E-state index contributed by atoms with van der Waals surface area (Å²) in [6, 6.07) is 20.7. The molecule has 1 heterocycles. The molecule has 8 nitrogen and oxygen atoms in total. The summed E-state index contributed by atoms with van der Waals surface area (Å²) in [4.78, 5) is 50.6. The number of nitrogens with one attached hydrogen (secondary N) is 1. The number of hydrogen-bond donors (Lipinski definition) is 1. The Morgan fingerprint density at radius 2 is 1.70 bits per heavy atom. The molecule has 9 heteroatoms. The third kappa shape index (κ3) is 6.71. The van der Waals surface area contributed by atoms with Crippen molar-refractivity contribution in [2.75, 3.05) is 5.32 Å². The lowest BCUT2D eigenvalue weighted by molar-refractivity contribution is -0.119. The third-order valence-electron chi connectivity index (χ3n) is 6.11. The van der Waals surface area contributed by atoms with Crippen LogP contribution in [0.15, 0.2) is 83.7 Å². The number of nitrogens with zero attached hydrogens (tertiary/aromatic N) is 2. The van der Waals surface area contributed by atoms with Crippen LogP contribution in [0.2, 0.25) is 5.02 Å². The minimum absolute atomic E-state index is 0.0839. The van der Waals surface area contributed by atoms with E-state index in [4.69, 9.17) is 16.3 Å². The highest BCUT2D eigenvalue weighted by Gasteiger charge is 2.27.